The minimum atomic E-state index is -0.151. The van der Waals surface area contributed by atoms with E-state index >= 15 is 0 Å². The first-order valence-electron chi connectivity index (χ1n) is 7.16. The summed E-state index contributed by atoms with van der Waals surface area (Å²) in [6.07, 6.45) is 1.04. The van der Waals surface area contributed by atoms with Crippen LogP contribution in [-0.2, 0) is 5.41 Å². The molecule has 0 heterocycles. The van der Waals surface area contributed by atoms with E-state index in [-0.39, 0.29) is 23.2 Å². The second kappa shape index (κ2) is 7.11. The Morgan fingerprint density at radius 2 is 2.00 bits per heavy atom. The Balaban J connectivity index is 2.94. The van der Waals surface area contributed by atoms with Gasteiger partial charge in [-0.3, -0.25) is 4.79 Å². The lowest BCUT2D eigenvalue weighted by molar-refractivity contribution is 0.0934. The fraction of sp³-hybridized carbons (Fsp3) is 0.500. The van der Waals surface area contributed by atoms with Crippen LogP contribution in [0.1, 0.15) is 56.5 Å². The summed E-state index contributed by atoms with van der Waals surface area (Å²) in [6, 6.07) is 7.44. The minimum absolute atomic E-state index is 0.110. The van der Waals surface area contributed by atoms with Crippen molar-refractivity contribution >= 4 is 11.7 Å². The molecule has 0 spiro atoms. The zero-order chi connectivity index (χ0) is 16.0. The van der Waals surface area contributed by atoms with Crippen LogP contribution in [-0.4, -0.2) is 23.0 Å². The predicted molar refractivity (Wildman–Crippen MR) is 84.7 cm³/mol. The SMILES string of the molecule is CCC(C/C(N)=N/O)NC(=O)c1ccccc1C(C)(C)C. The fourth-order valence-corrected chi connectivity index (χ4v) is 2.19. The summed E-state index contributed by atoms with van der Waals surface area (Å²) in [4.78, 5) is 12.5. The Kier molecular flexibility index (Phi) is 5.76. The van der Waals surface area contributed by atoms with Crippen LogP contribution in [0.5, 0.6) is 0 Å². The zero-order valence-electron chi connectivity index (χ0n) is 13.2. The monoisotopic (exact) mass is 291 g/mol. The summed E-state index contributed by atoms with van der Waals surface area (Å²) in [5.74, 6) is -0.00984. The van der Waals surface area contributed by atoms with Crippen LogP contribution in [0, 0.1) is 0 Å². The van der Waals surface area contributed by atoms with Crippen LogP contribution in [0.25, 0.3) is 0 Å². The van der Waals surface area contributed by atoms with Crippen molar-refractivity contribution in [2.45, 2.75) is 52.0 Å². The van der Waals surface area contributed by atoms with Crippen molar-refractivity contribution in [2.24, 2.45) is 10.9 Å². The van der Waals surface area contributed by atoms with Crippen molar-refractivity contribution < 1.29 is 10.0 Å². The van der Waals surface area contributed by atoms with E-state index in [1.807, 2.05) is 31.2 Å². The van der Waals surface area contributed by atoms with E-state index in [4.69, 9.17) is 10.9 Å². The highest BCUT2D eigenvalue weighted by Gasteiger charge is 2.22. The first-order valence-corrected chi connectivity index (χ1v) is 7.16. The third-order valence-corrected chi connectivity index (χ3v) is 3.39. The van der Waals surface area contributed by atoms with Crippen molar-refractivity contribution in [3.05, 3.63) is 35.4 Å². The molecule has 1 amide bonds. The van der Waals surface area contributed by atoms with Gasteiger partial charge >= 0.3 is 0 Å². The standard InChI is InChI=1S/C16H25N3O2/c1-5-11(10-14(17)19-21)18-15(20)12-8-6-7-9-13(12)16(2,3)4/h6-9,11,21H,5,10H2,1-4H3,(H2,17,19)(H,18,20). The number of nitrogens with zero attached hydrogens (tertiary/aromatic N) is 1. The summed E-state index contributed by atoms with van der Waals surface area (Å²) < 4.78 is 0. The summed E-state index contributed by atoms with van der Waals surface area (Å²) in [6.45, 7) is 8.18. The van der Waals surface area contributed by atoms with Crippen molar-refractivity contribution in [3.63, 3.8) is 0 Å². The molecule has 1 aromatic rings. The maximum Gasteiger partial charge on any atom is 0.251 e. The highest BCUT2D eigenvalue weighted by molar-refractivity contribution is 5.96. The van der Waals surface area contributed by atoms with Crippen molar-refractivity contribution in [2.75, 3.05) is 0 Å². The molecule has 0 bridgehead atoms. The smallest absolute Gasteiger partial charge is 0.251 e. The van der Waals surface area contributed by atoms with Gasteiger partial charge in [-0.2, -0.15) is 0 Å². The molecule has 0 aromatic heterocycles. The molecule has 0 aliphatic rings. The van der Waals surface area contributed by atoms with Gasteiger partial charge in [-0.25, -0.2) is 0 Å². The maximum atomic E-state index is 12.5. The van der Waals surface area contributed by atoms with E-state index in [1.54, 1.807) is 0 Å². The summed E-state index contributed by atoms with van der Waals surface area (Å²) in [7, 11) is 0. The molecule has 0 radical (unpaired) electrons. The van der Waals surface area contributed by atoms with E-state index in [0.29, 0.717) is 18.4 Å². The normalized spacial score (nSPS) is 13.8. The molecular weight excluding hydrogens is 266 g/mol. The topological polar surface area (TPSA) is 87.7 Å². The van der Waals surface area contributed by atoms with Gasteiger partial charge in [0.05, 0.1) is 0 Å². The number of carbonyl (C=O) groups excluding carboxylic acids is 1. The predicted octanol–water partition coefficient (Wildman–Crippen LogP) is 2.63. The lowest BCUT2D eigenvalue weighted by Gasteiger charge is -2.24. The fourth-order valence-electron chi connectivity index (χ4n) is 2.19. The number of hydrogen-bond acceptors (Lipinski definition) is 3. The second-order valence-electron chi connectivity index (χ2n) is 6.17. The molecule has 0 fully saturated rings. The number of benzene rings is 1. The Morgan fingerprint density at radius 1 is 1.38 bits per heavy atom. The number of hydrogen-bond donors (Lipinski definition) is 3. The van der Waals surface area contributed by atoms with Crippen LogP contribution in [0.2, 0.25) is 0 Å². The van der Waals surface area contributed by atoms with E-state index in [9.17, 15) is 4.79 Å². The number of rotatable bonds is 5. The number of nitrogens with one attached hydrogen (secondary N) is 1. The van der Waals surface area contributed by atoms with Crippen molar-refractivity contribution in [1.29, 1.82) is 0 Å². The lowest BCUT2D eigenvalue weighted by atomic mass is 9.83. The minimum Gasteiger partial charge on any atom is -0.409 e. The third-order valence-electron chi connectivity index (χ3n) is 3.39. The molecule has 1 unspecified atom stereocenters. The Labute approximate surface area is 126 Å². The number of carbonyl (C=O) groups is 1. The molecule has 116 valence electrons. The van der Waals surface area contributed by atoms with Crippen LogP contribution in [0.3, 0.4) is 0 Å². The number of amidine groups is 1. The average Bonchev–Trinajstić information content (AvgIpc) is 2.45. The van der Waals surface area contributed by atoms with Crippen LogP contribution < -0.4 is 11.1 Å². The number of oxime groups is 1. The van der Waals surface area contributed by atoms with E-state index in [2.05, 4.69) is 31.2 Å². The third kappa shape index (κ3) is 4.77. The van der Waals surface area contributed by atoms with Crippen molar-refractivity contribution in [1.82, 2.24) is 5.32 Å². The second-order valence-corrected chi connectivity index (χ2v) is 6.17. The molecular formula is C16H25N3O2. The molecule has 1 aromatic carbocycles. The molecule has 0 aliphatic heterocycles. The van der Waals surface area contributed by atoms with Gasteiger partial charge in [0.25, 0.3) is 5.91 Å². The van der Waals surface area contributed by atoms with Crippen LogP contribution in [0.4, 0.5) is 0 Å². The van der Waals surface area contributed by atoms with Crippen molar-refractivity contribution in [3.8, 4) is 0 Å². The van der Waals surface area contributed by atoms with Crippen LogP contribution >= 0.6 is 0 Å². The van der Waals surface area contributed by atoms with Gasteiger partial charge in [-0.05, 0) is 23.5 Å². The molecule has 21 heavy (non-hydrogen) atoms. The Hall–Kier alpha value is -2.04. The highest BCUT2D eigenvalue weighted by Crippen LogP contribution is 2.25. The molecule has 4 N–H and O–H groups in total. The Morgan fingerprint density at radius 3 is 2.52 bits per heavy atom. The average molecular weight is 291 g/mol. The van der Waals surface area contributed by atoms with Gasteiger partial charge in [0.1, 0.15) is 5.84 Å². The molecule has 0 saturated carbocycles. The van der Waals surface area contributed by atoms with E-state index in [0.717, 1.165) is 5.56 Å². The quantitative estimate of drug-likeness (QED) is 0.337. The van der Waals surface area contributed by atoms with Gasteiger partial charge < -0.3 is 16.3 Å². The van der Waals surface area contributed by atoms with Gasteiger partial charge in [0, 0.05) is 18.0 Å². The molecule has 0 saturated heterocycles. The molecule has 1 rings (SSSR count). The summed E-state index contributed by atoms with van der Waals surface area (Å²) in [5.41, 5.74) is 7.07. The zero-order valence-corrected chi connectivity index (χ0v) is 13.2. The largest absolute Gasteiger partial charge is 0.409 e. The summed E-state index contributed by atoms with van der Waals surface area (Å²) >= 11 is 0. The molecule has 1 atom stereocenters. The molecule has 5 heteroatoms. The highest BCUT2D eigenvalue weighted by atomic mass is 16.4. The summed E-state index contributed by atoms with van der Waals surface area (Å²) in [5, 5.41) is 14.5. The molecule has 0 aliphatic carbocycles. The van der Waals surface area contributed by atoms with Gasteiger partial charge in [-0.15, -0.1) is 0 Å². The number of nitrogens with two attached hydrogens (primary N) is 1. The first kappa shape index (κ1) is 17.0. The van der Waals surface area contributed by atoms with E-state index < -0.39 is 0 Å². The van der Waals surface area contributed by atoms with Gasteiger partial charge in [0.2, 0.25) is 0 Å². The number of amides is 1. The van der Waals surface area contributed by atoms with Gasteiger partial charge in [0.15, 0.2) is 0 Å². The van der Waals surface area contributed by atoms with Crippen LogP contribution in [0.15, 0.2) is 29.4 Å². The molecule has 5 nitrogen and oxygen atoms in total. The lowest BCUT2D eigenvalue weighted by Crippen LogP contribution is -2.38. The Bertz CT molecular complexity index is 518. The first-order chi connectivity index (χ1) is 9.79. The van der Waals surface area contributed by atoms with Gasteiger partial charge in [-0.1, -0.05) is 51.0 Å². The maximum absolute atomic E-state index is 12.5. The van der Waals surface area contributed by atoms with E-state index in [1.165, 1.54) is 0 Å².